The maximum Gasteiger partial charge on any atom is 0.222 e. The quantitative estimate of drug-likeness (QED) is 0.801. The van der Waals surface area contributed by atoms with Crippen LogP contribution in [0.15, 0.2) is 29.8 Å². The number of anilines is 2. The zero-order chi connectivity index (χ0) is 14.1. The fourth-order valence-corrected chi connectivity index (χ4v) is 2.97. The van der Waals surface area contributed by atoms with Crippen LogP contribution >= 0.6 is 11.3 Å². The lowest BCUT2D eigenvalue weighted by Crippen LogP contribution is -2.19. The Kier molecular flexibility index (Phi) is 3.23. The van der Waals surface area contributed by atoms with Gasteiger partial charge in [-0.25, -0.2) is 9.97 Å². The molecule has 0 radical (unpaired) electrons. The third-order valence-corrected chi connectivity index (χ3v) is 4.11. The molecule has 0 unspecified atom stereocenters. The maximum absolute atomic E-state index is 5.81. The van der Waals surface area contributed by atoms with Crippen LogP contribution in [0.2, 0.25) is 0 Å². The number of thiazole rings is 1. The van der Waals surface area contributed by atoms with Gasteiger partial charge in [-0.2, -0.15) is 4.98 Å². The molecule has 3 aromatic rings. The number of nitrogens with two attached hydrogens (primary N) is 1. The number of nitrogens with zero attached hydrogens (tertiary/aromatic N) is 4. The topological polar surface area (TPSA) is 67.9 Å². The Balaban J connectivity index is 2.03. The summed E-state index contributed by atoms with van der Waals surface area (Å²) < 4.78 is 0. The molecule has 102 valence electrons. The lowest BCUT2D eigenvalue weighted by atomic mass is 10.2. The van der Waals surface area contributed by atoms with Gasteiger partial charge in [-0.15, -0.1) is 11.3 Å². The number of benzene rings is 1. The van der Waals surface area contributed by atoms with Crippen LogP contribution < -0.4 is 10.6 Å². The summed E-state index contributed by atoms with van der Waals surface area (Å²) in [7, 11) is 2.01. The monoisotopic (exact) mass is 285 g/mol. The number of hydrogen-bond acceptors (Lipinski definition) is 6. The van der Waals surface area contributed by atoms with E-state index in [4.69, 9.17) is 5.73 Å². The van der Waals surface area contributed by atoms with Gasteiger partial charge in [0, 0.05) is 17.3 Å². The second-order valence-electron chi connectivity index (χ2n) is 4.64. The van der Waals surface area contributed by atoms with Crippen LogP contribution in [-0.2, 0) is 6.54 Å². The molecule has 6 heteroatoms. The van der Waals surface area contributed by atoms with Crippen LogP contribution in [0.25, 0.3) is 10.9 Å². The molecule has 5 nitrogen and oxygen atoms in total. The highest BCUT2D eigenvalue weighted by Gasteiger charge is 2.12. The molecule has 1 aromatic carbocycles. The van der Waals surface area contributed by atoms with E-state index in [2.05, 4.69) is 19.9 Å². The van der Waals surface area contributed by atoms with Gasteiger partial charge in [0.2, 0.25) is 5.95 Å². The van der Waals surface area contributed by atoms with E-state index < -0.39 is 0 Å². The van der Waals surface area contributed by atoms with E-state index in [9.17, 15) is 0 Å². The number of hydrogen-bond donors (Lipinski definition) is 1. The summed E-state index contributed by atoms with van der Waals surface area (Å²) in [6, 6.07) is 7.89. The molecule has 0 aliphatic carbocycles. The van der Waals surface area contributed by atoms with Crippen molar-refractivity contribution < 1.29 is 0 Å². The summed E-state index contributed by atoms with van der Waals surface area (Å²) in [5.41, 5.74) is 9.60. The van der Waals surface area contributed by atoms with Gasteiger partial charge < -0.3 is 10.6 Å². The summed E-state index contributed by atoms with van der Waals surface area (Å²) in [5.74, 6) is 1.15. The van der Waals surface area contributed by atoms with Crippen LogP contribution in [0.1, 0.15) is 10.6 Å². The molecule has 3 rings (SSSR count). The third-order valence-electron chi connectivity index (χ3n) is 3.19. The Labute approximate surface area is 121 Å². The van der Waals surface area contributed by atoms with E-state index in [1.807, 2.05) is 43.7 Å². The Morgan fingerprint density at radius 3 is 2.80 bits per heavy atom. The fourth-order valence-electron chi connectivity index (χ4n) is 2.14. The lowest BCUT2D eigenvalue weighted by molar-refractivity contribution is 0.905. The van der Waals surface area contributed by atoms with E-state index in [1.54, 1.807) is 11.3 Å². The SMILES string of the molecule is Cc1ncsc1CN(C)c1nc(N)nc2ccccc12. The summed E-state index contributed by atoms with van der Waals surface area (Å²) in [6.45, 7) is 2.78. The Hall–Kier alpha value is -2.21. The van der Waals surface area contributed by atoms with E-state index >= 15 is 0 Å². The maximum atomic E-state index is 5.81. The minimum Gasteiger partial charge on any atom is -0.368 e. The molecule has 2 heterocycles. The third kappa shape index (κ3) is 2.30. The number of fused-ring (bicyclic) bond motifs is 1. The molecule has 2 aromatic heterocycles. The first-order valence-electron chi connectivity index (χ1n) is 6.27. The number of aryl methyl sites for hydroxylation is 1. The molecular formula is C14H15N5S. The predicted molar refractivity (Wildman–Crippen MR) is 82.9 cm³/mol. The molecule has 0 saturated carbocycles. The van der Waals surface area contributed by atoms with Crippen molar-refractivity contribution in [2.75, 3.05) is 17.7 Å². The first-order valence-corrected chi connectivity index (χ1v) is 7.15. The van der Waals surface area contributed by atoms with Gasteiger partial charge in [0.05, 0.1) is 23.3 Å². The highest BCUT2D eigenvalue weighted by atomic mass is 32.1. The van der Waals surface area contributed by atoms with Gasteiger partial charge in [0.25, 0.3) is 0 Å². The standard InChI is InChI=1S/C14H15N5S/c1-9-12(20-8-16-9)7-19(2)13-10-5-3-4-6-11(10)17-14(15)18-13/h3-6,8H,7H2,1-2H3,(H2,15,17,18). The van der Waals surface area contributed by atoms with Gasteiger partial charge in [-0.1, -0.05) is 12.1 Å². The van der Waals surface area contributed by atoms with Crippen molar-refractivity contribution in [3.05, 3.63) is 40.3 Å². The normalized spacial score (nSPS) is 10.9. The fraction of sp³-hybridized carbons (Fsp3) is 0.214. The van der Waals surface area contributed by atoms with E-state index in [1.165, 1.54) is 4.88 Å². The largest absolute Gasteiger partial charge is 0.368 e. The number of aromatic nitrogens is 3. The molecule has 20 heavy (non-hydrogen) atoms. The van der Waals surface area contributed by atoms with Crippen molar-refractivity contribution in [1.82, 2.24) is 15.0 Å². The first kappa shape index (κ1) is 12.8. The van der Waals surface area contributed by atoms with Crippen molar-refractivity contribution in [2.45, 2.75) is 13.5 Å². The van der Waals surface area contributed by atoms with E-state index in [0.29, 0.717) is 5.95 Å². The Bertz CT molecular complexity index is 752. The summed E-state index contributed by atoms with van der Waals surface area (Å²) in [4.78, 5) is 16.2. The van der Waals surface area contributed by atoms with Crippen LogP contribution in [0.5, 0.6) is 0 Å². The minimum atomic E-state index is 0.298. The molecule has 0 aliphatic rings. The van der Waals surface area contributed by atoms with E-state index in [0.717, 1.165) is 29.0 Å². The minimum absolute atomic E-state index is 0.298. The van der Waals surface area contributed by atoms with Crippen LogP contribution in [0, 0.1) is 6.92 Å². The number of rotatable bonds is 3. The highest BCUT2D eigenvalue weighted by molar-refractivity contribution is 7.09. The summed E-state index contributed by atoms with van der Waals surface area (Å²) in [6.07, 6.45) is 0. The zero-order valence-electron chi connectivity index (χ0n) is 11.4. The predicted octanol–water partition coefficient (Wildman–Crippen LogP) is 2.61. The number of nitrogen functional groups attached to an aromatic ring is 1. The number of para-hydroxylation sites is 1. The molecule has 0 bridgehead atoms. The van der Waals surface area contributed by atoms with Gasteiger partial charge in [0.15, 0.2) is 0 Å². The molecule has 0 amide bonds. The van der Waals surface area contributed by atoms with Crippen molar-refractivity contribution in [1.29, 1.82) is 0 Å². The first-order chi connectivity index (χ1) is 9.65. The van der Waals surface area contributed by atoms with Crippen LogP contribution in [-0.4, -0.2) is 22.0 Å². The average molecular weight is 285 g/mol. The van der Waals surface area contributed by atoms with Gasteiger partial charge in [-0.3, -0.25) is 0 Å². The van der Waals surface area contributed by atoms with Crippen molar-refractivity contribution in [2.24, 2.45) is 0 Å². The van der Waals surface area contributed by atoms with Crippen molar-refractivity contribution in [3.63, 3.8) is 0 Å². The molecule has 0 atom stereocenters. The summed E-state index contributed by atoms with van der Waals surface area (Å²) in [5, 5.41) is 1.01. The van der Waals surface area contributed by atoms with Gasteiger partial charge in [0.1, 0.15) is 5.82 Å². The van der Waals surface area contributed by atoms with Crippen LogP contribution in [0.4, 0.5) is 11.8 Å². The van der Waals surface area contributed by atoms with Crippen LogP contribution in [0.3, 0.4) is 0 Å². The van der Waals surface area contributed by atoms with Crippen molar-refractivity contribution in [3.8, 4) is 0 Å². The lowest BCUT2D eigenvalue weighted by Gasteiger charge is -2.19. The second kappa shape index (κ2) is 5.05. The Morgan fingerprint density at radius 2 is 2.05 bits per heavy atom. The molecule has 0 saturated heterocycles. The van der Waals surface area contributed by atoms with E-state index in [-0.39, 0.29) is 0 Å². The van der Waals surface area contributed by atoms with Gasteiger partial charge >= 0.3 is 0 Å². The van der Waals surface area contributed by atoms with Gasteiger partial charge in [-0.05, 0) is 19.1 Å². The smallest absolute Gasteiger partial charge is 0.222 e. The zero-order valence-corrected chi connectivity index (χ0v) is 12.2. The second-order valence-corrected chi connectivity index (χ2v) is 5.58. The highest BCUT2D eigenvalue weighted by Crippen LogP contribution is 2.26. The molecular weight excluding hydrogens is 270 g/mol. The molecule has 0 fully saturated rings. The van der Waals surface area contributed by atoms with Crippen molar-refractivity contribution >= 4 is 34.0 Å². The molecule has 0 aliphatic heterocycles. The molecule has 2 N–H and O–H groups in total. The average Bonchev–Trinajstić information content (AvgIpc) is 2.83. The molecule has 0 spiro atoms. The summed E-state index contributed by atoms with van der Waals surface area (Å²) >= 11 is 1.65. The Morgan fingerprint density at radius 1 is 1.25 bits per heavy atom.